The van der Waals surface area contributed by atoms with Crippen molar-refractivity contribution in [3.63, 3.8) is 0 Å². The number of hydrogen-bond acceptors (Lipinski definition) is 6. The van der Waals surface area contributed by atoms with Crippen LogP contribution in [0.2, 0.25) is 0 Å². The first kappa shape index (κ1) is 24.3. The van der Waals surface area contributed by atoms with Gasteiger partial charge in [0, 0.05) is 43.1 Å². The number of benzene rings is 2. The van der Waals surface area contributed by atoms with E-state index in [4.69, 9.17) is 4.52 Å². The molecular formula is C24H25F3N4O2S. The molecule has 0 spiro atoms. The summed E-state index contributed by atoms with van der Waals surface area (Å²) in [6, 6.07) is 12.3. The predicted octanol–water partition coefficient (Wildman–Crippen LogP) is 5.14. The van der Waals surface area contributed by atoms with Gasteiger partial charge in [-0.15, -0.1) is 0 Å². The Morgan fingerprint density at radius 1 is 1.12 bits per heavy atom. The van der Waals surface area contributed by atoms with Crippen molar-refractivity contribution in [3.8, 4) is 11.4 Å². The molecule has 1 amide bonds. The summed E-state index contributed by atoms with van der Waals surface area (Å²) in [6.07, 6.45) is -2.40. The number of hydrogen-bond donors (Lipinski definition) is 0. The number of nitrogens with zero attached hydrogens (tertiary/aromatic N) is 4. The van der Waals surface area contributed by atoms with Crippen molar-refractivity contribution in [2.24, 2.45) is 0 Å². The van der Waals surface area contributed by atoms with Gasteiger partial charge in [0.15, 0.2) is 0 Å². The van der Waals surface area contributed by atoms with Gasteiger partial charge in [-0.3, -0.25) is 9.69 Å². The van der Waals surface area contributed by atoms with Gasteiger partial charge in [-0.2, -0.15) is 29.9 Å². The molecule has 0 N–H and O–H groups in total. The number of aromatic nitrogens is 2. The van der Waals surface area contributed by atoms with E-state index in [-0.39, 0.29) is 23.3 Å². The zero-order chi connectivity index (χ0) is 24.3. The number of carbonyl (C=O) groups is 1. The van der Waals surface area contributed by atoms with Gasteiger partial charge in [-0.1, -0.05) is 29.4 Å². The summed E-state index contributed by atoms with van der Waals surface area (Å²) in [7, 11) is 0. The predicted molar refractivity (Wildman–Crippen MR) is 124 cm³/mol. The summed E-state index contributed by atoms with van der Waals surface area (Å²) < 4.78 is 44.4. The van der Waals surface area contributed by atoms with Crippen molar-refractivity contribution in [2.45, 2.75) is 24.9 Å². The Balaban J connectivity index is 1.37. The van der Waals surface area contributed by atoms with Gasteiger partial charge in [0.2, 0.25) is 11.7 Å². The van der Waals surface area contributed by atoms with Crippen molar-refractivity contribution in [2.75, 3.05) is 32.4 Å². The lowest BCUT2D eigenvalue weighted by Gasteiger charge is -2.36. The molecule has 0 saturated carbocycles. The zero-order valence-electron chi connectivity index (χ0n) is 18.9. The first-order valence-electron chi connectivity index (χ1n) is 10.9. The number of alkyl halides is 3. The number of amides is 1. The summed E-state index contributed by atoms with van der Waals surface area (Å²) in [5.74, 6) is 1.37. The minimum absolute atomic E-state index is 0.00706. The van der Waals surface area contributed by atoms with Gasteiger partial charge in [0.1, 0.15) is 0 Å². The van der Waals surface area contributed by atoms with Crippen LogP contribution in [0.5, 0.6) is 0 Å². The third kappa shape index (κ3) is 5.44. The van der Waals surface area contributed by atoms with E-state index in [1.165, 1.54) is 17.7 Å². The Labute approximate surface area is 200 Å². The Morgan fingerprint density at radius 2 is 1.82 bits per heavy atom. The van der Waals surface area contributed by atoms with Crippen LogP contribution in [0.3, 0.4) is 0 Å². The van der Waals surface area contributed by atoms with E-state index in [2.05, 4.69) is 15.0 Å². The standard InChI is InChI=1S/C24H25F3N4O2S/c1-16(22-28-21(29-33-22)19-4-3-5-20(14-19)24(25,26)27)30-10-12-31(13-11-30)23(32)18-8-6-17(7-9-18)15-34-2/h3-9,14,16H,10-13,15H2,1-2H3. The fourth-order valence-electron chi connectivity index (χ4n) is 3.92. The molecular weight excluding hydrogens is 465 g/mol. The van der Waals surface area contributed by atoms with E-state index in [1.54, 1.807) is 11.8 Å². The first-order valence-corrected chi connectivity index (χ1v) is 12.3. The normalized spacial score (nSPS) is 16.0. The van der Waals surface area contributed by atoms with Gasteiger partial charge in [-0.05, 0) is 43.0 Å². The van der Waals surface area contributed by atoms with E-state index in [9.17, 15) is 18.0 Å². The highest BCUT2D eigenvalue weighted by Gasteiger charge is 2.31. The third-order valence-electron chi connectivity index (χ3n) is 5.91. The Morgan fingerprint density at radius 3 is 2.47 bits per heavy atom. The largest absolute Gasteiger partial charge is 0.416 e. The molecule has 34 heavy (non-hydrogen) atoms. The van der Waals surface area contributed by atoms with Crippen LogP contribution in [0.15, 0.2) is 53.1 Å². The summed E-state index contributed by atoms with van der Waals surface area (Å²) in [5, 5.41) is 3.88. The van der Waals surface area contributed by atoms with Gasteiger partial charge in [0.05, 0.1) is 11.6 Å². The maximum Gasteiger partial charge on any atom is 0.416 e. The Bertz CT molecular complexity index is 1130. The van der Waals surface area contributed by atoms with E-state index >= 15 is 0 Å². The maximum atomic E-state index is 13.0. The molecule has 2 aromatic carbocycles. The van der Waals surface area contributed by atoms with Crippen LogP contribution in [-0.2, 0) is 11.9 Å². The summed E-state index contributed by atoms with van der Waals surface area (Å²) in [5.41, 5.74) is 1.35. The molecule has 180 valence electrons. The molecule has 0 aliphatic carbocycles. The molecule has 1 aliphatic rings. The Hall–Kier alpha value is -2.85. The average Bonchev–Trinajstić information content (AvgIpc) is 3.34. The minimum Gasteiger partial charge on any atom is -0.337 e. The van der Waals surface area contributed by atoms with Crippen molar-refractivity contribution >= 4 is 17.7 Å². The van der Waals surface area contributed by atoms with Crippen LogP contribution in [0.25, 0.3) is 11.4 Å². The molecule has 1 aromatic heterocycles. The molecule has 1 unspecified atom stereocenters. The summed E-state index contributed by atoms with van der Waals surface area (Å²) in [4.78, 5) is 21.1. The van der Waals surface area contributed by atoms with Crippen molar-refractivity contribution in [1.29, 1.82) is 0 Å². The highest BCUT2D eigenvalue weighted by atomic mass is 32.2. The third-order valence-corrected chi connectivity index (χ3v) is 6.53. The molecule has 6 nitrogen and oxygen atoms in total. The number of piperazine rings is 1. The SMILES string of the molecule is CSCc1ccc(C(=O)N2CCN(C(C)c3nc(-c4cccc(C(F)(F)F)c4)no3)CC2)cc1. The molecule has 1 fully saturated rings. The zero-order valence-corrected chi connectivity index (χ0v) is 19.7. The lowest BCUT2D eigenvalue weighted by molar-refractivity contribution is -0.137. The van der Waals surface area contributed by atoms with E-state index in [0.29, 0.717) is 37.6 Å². The van der Waals surface area contributed by atoms with Crippen LogP contribution in [-0.4, -0.2) is 58.3 Å². The fraction of sp³-hybridized carbons (Fsp3) is 0.375. The smallest absolute Gasteiger partial charge is 0.337 e. The van der Waals surface area contributed by atoms with Crippen molar-refractivity contribution in [1.82, 2.24) is 19.9 Å². The number of thioether (sulfide) groups is 1. The molecule has 10 heteroatoms. The molecule has 0 radical (unpaired) electrons. The van der Waals surface area contributed by atoms with E-state index in [1.807, 2.05) is 42.3 Å². The number of rotatable bonds is 6. The molecule has 4 rings (SSSR count). The molecule has 1 aliphatic heterocycles. The molecule has 1 atom stereocenters. The van der Waals surface area contributed by atoms with Gasteiger partial charge in [0.25, 0.3) is 5.91 Å². The van der Waals surface area contributed by atoms with Crippen LogP contribution in [0.1, 0.15) is 40.3 Å². The second kappa shape index (κ2) is 10.2. The maximum absolute atomic E-state index is 13.0. The summed E-state index contributed by atoms with van der Waals surface area (Å²) >= 11 is 1.74. The van der Waals surface area contributed by atoms with Crippen LogP contribution in [0, 0.1) is 0 Å². The second-order valence-electron chi connectivity index (χ2n) is 8.17. The fourth-order valence-corrected chi connectivity index (χ4v) is 4.44. The second-order valence-corrected chi connectivity index (χ2v) is 9.03. The molecule has 2 heterocycles. The minimum atomic E-state index is -4.44. The van der Waals surface area contributed by atoms with E-state index in [0.717, 1.165) is 17.9 Å². The van der Waals surface area contributed by atoms with Crippen LogP contribution < -0.4 is 0 Å². The van der Waals surface area contributed by atoms with Crippen LogP contribution >= 0.6 is 11.8 Å². The van der Waals surface area contributed by atoms with Gasteiger partial charge >= 0.3 is 6.18 Å². The summed E-state index contributed by atoms with van der Waals surface area (Å²) in [6.45, 7) is 4.28. The lowest BCUT2D eigenvalue weighted by atomic mass is 10.1. The molecule has 3 aromatic rings. The quantitative estimate of drug-likeness (QED) is 0.477. The van der Waals surface area contributed by atoms with Crippen LogP contribution in [0.4, 0.5) is 13.2 Å². The topological polar surface area (TPSA) is 62.5 Å². The number of halogens is 3. The number of carbonyl (C=O) groups excluding carboxylic acids is 1. The van der Waals surface area contributed by atoms with Crippen molar-refractivity contribution in [3.05, 3.63) is 71.1 Å². The van der Waals surface area contributed by atoms with Crippen molar-refractivity contribution < 1.29 is 22.5 Å². The average molecular weight is 491 g/mol. The van der Waals surface area contributed by atoms with Gasteiger partial charge < -0.3 is 9.42 Å². The first-order chi connectivity index (χ1) is 16.3. The molecule has 1 saturated heterocycles. The van der Waals surface area contributed by atoms with Gasteiger partial charge in [-0.25, -0.2) is 0 Å². The highest BCUT2D eigenvalue weighted by Crippen LogP contribution is 2.32. The lowest BCUT2D eigenvalue weighted by Crippen LogP contribution is -2.49. The highest BCUT2D eigenvalue weighted by molar-refractivity contribution is 7.97. The Kier molecular flexibility index (Phi) is 7.27. The monoisotopic (exact) mass is 490 g/mol. The molecule has 0 bridgehead atoms. The van der Waals surface area contributed by atoms with E-state index < -0.39 is 11.7 Å².